The van der Waals surface area contributed by atoms with Crippen molar-refractivity contribution in [1.82, 2.24) is 25.6 Å². The molecule has 13 heteroatoms. The first-order chi connectivity index (χ1) is 17.2. The van der Waals surface area contributed by atoms with Gasteiger partial charge < -0.3 is 19.5 Å². The largest absolute Gasteiger partial charge is 0.372 e. The van der Waals surface area contributed by atoms with Crippen molar-refractivity contribution >= 4 is 40.3 Å². The fourth-order valence-corrected chi connectivity index (χ4v) is 5.82. The molecule has 5 heterocycles. The second-order valence-corrected chi connectivity index (χ2v) is 9.62. The average molecular weight is 497 g/mol. The number of aromatic nitrogens is 3. The number of ether oxygens (including phenoxy) is 1. The summed E-state index contributed by atoms with van der Waals surface area (Å²) in [7, 11) is 1.80. The van der Waals surface area contributed by atoms with Crippen LogP contribution in [0.5, 0.6) is 0 Å². The molecule has 1 spiro atoms. The highest BCUT2D eigenvalue weighted by Gasteiger charge is 2.63. The van der Waals surface area contributed by atoms with Crippen LogP contribution in [-0.2, 0) is 34.3 Å². The molecule has 0 aliphatic carbocycles. The Balaban J connectivity index is 1.48. The molecule has 188 valence electrons. The van der Waals surface area contributed by atoms with Crippen molar-refractivity contribution in [2.24, 2.45) is 12.5 Å². The molecule has 6 rings (SSSR count). The number of aryl methyl sites for hydroxylation is 1. The Kier molecular flexibility index (Phi) is 4.84. The molecule has 12 nitrogen and oxygen atoms in total. The van der Waals surface area contributed by atoms with Crippen LogP contribution >= 0.6 is 0 Å². The number of carbonyl (C=O) groups is 3. The number of barbiturate groups is 1. The lowest BCUT2D eigenvalue weighted by atomic mass is 9.66. The summed E-state index contributed by atoms with van der Waals surface area (Å²) in [6, 6.07) is -0.0316. The van der Waals surface area contributed by atoms with Gasteiger partial charge in [0.15, 0.2) is 17.1 Å². The third-order valence-electron chi connectivity index (χ3n) is 7.18. The molecule has 2 fully saturated rings. The lowest BCUT2D eigenvalue weighted by molar-refractivity contribution is -0.153. The summed E-state index contributed by atoms with van der Waals surface area (Å²) >= 11 is 0. The minimum Gasteiger partial charge on any atom is -0.372 e. The topological polar surface area (TPSA) is 144 Å². The molecular formula is C23H24FN7O5. The number of hydrogen-bond acceptors (Lipinski definition) is 9. The highest BCUT2D eigenvalue weighted by Crippen LogP contribution is 2.49. The molecule has 3 aliphatic heterocycles. The van der Waals surface area contributed by atoms with Crippen molar-refractivity contribution in [3.8, 4) is 0 Å². The molecule has 0 bridgehead atoms. The van der Waals surface area contributed by atoms with Gasteiger partial charge in [-0.1, -0.05) is 5.16 Å². The minimum atomic E-state index is -1.69. The number of carbonyl (C=O) groups excluding carboxylic acids is 3. The maximum absolute atomic E-state index is 16.1. The molecule has 3 N–H and O–H groups in total. The fraction of sp³-hybridized carbons (Fsp3) is 0.435. The van der Waals surface area contributed by atoms with Crippen molar-refractivity contribution in [3.63, 3.8) is 0 Å². The van der Waals surface area contributed by atoms with Gasteiger partial charge in [-0.2, -0.15) is 5.10 Å². The summed E-state index contributed by atoms with van der Waals surface area (Å²) in [6.07, 6.45) is 2.51. The van der Waals surface area contributed by atoms with Gasteiger partial charge in [0.05, 0.1) is 35.5 Å². The number of amides is 4. The summed E-state index contributed by atoms with van der Waals surface area (Å²) in [5.74, 6) is -1.77. The summed E-state index contributed by atoms with van der Waals surface area (Å²) in [5, 5.41) is 16.1. The number of fused-ring (bicyclic) bond motifs is 5. The third kappa shape index (κ3) is 3.11. The first kappa shape index (κ1) is 22.5. The summed E-state index contributed by atoms with van der Waals surface area (Å²) in [5.41, 5.74) is -0.152. The fourth-order valence-electron chi connectivity index (χ4n) is 5.82. The van der Waals surface area contributed by atoms with Gasteiger partial charge in [-0.05, 0) is 25.5 Å². The van der Waals surface area contributed by atoms with Crippen LogP contribution in [0.4, 0.5) is 20.7 Å². The highest BCUT2D eigenvalue weighted by atomic mass is 19.1. The monoisotopic (exact) mass is 497 g/mol. The van der Waals surface area contributed by atoms with Gasteiger partial charge in [0.1, 0.15) is 0 Å². The Hall–Kier alpha value is -4.00. The molecule has 0 saturated carbocycles. The number of urea groups is 1. The lowest BCUT2D eigenvalue weighted by Gasteiger charge is -2.55. The van der Waals surface area contributed by atoms with Crippen LogP contribution in [-0.4, -0.2) is 57.6 Å². The molecule has 2 saturated heterocycles. The maximum atomic E-state index is 16.1. The quantitative estimate of drug-likeness (QED) is 0.455. The molecular weight excluding hydrogens is 473 g/mol. The lowest BCUT2D eigenvalue weighted by Crippen LogP contribution is -2.75. The van der Waals surface area contributed by atoms with Gasteiger partial charge in [-0.15, -0.1) is 0 Å². The highest BCUT2D eigenvalue weighted by molar-refractivity contribution is 6.20. The molecule has 4 amide bonds. The number of nitrogens with zero attached hydrogens (tertiary/aromatic N) is 4. The van der Waals surface area contributed by atoms with Crippen molar-refractivity contribution in [2.75, 3.05) is 16.8 Å². The maximum Gasteiger partial charge on any atom is 0.328 e. The number of hydrogen-bond donors (Lipinski definition) is 3. The van der Waals surface area contributed by atoms with E-state index in [9.17, 15) is 14.4 Å². The number of rotatable bonds is 3. The summed E-state index contributed by atoms with van der Waals surface area (Å²) < 4.78 is 29.1. The predicted molar refractivity (Wildman–Crippen MR) is 123 cm³/mol. The first-order valence-electron chi connectivity index (χ1n) is 11.6. The van der Waals surface area contributed by atoms with Crippen LogP contribution in [0.3, 0.4) is 0 Å². The van der Waals surface area contributed by atoms with E-state index < -0.39 is 41.2 Å². The number of halogens is 1. The third-order valence-corrected chi connectivity index (χ3v) is 7.18. The van der Waals surface area contributed by atoms with Gasteiger partial charge in [0, 0.05) is 38.3 Å². The Morgan fingerprint density at radius 3 is 2.69 bits per heavy atom. The van der Waals surface area contributed by atoms with E-state index in [4.69, 9.17) is 9.26 Å². The van der Waals surface area contributed by atoms with Crippen molar-refractivity contribution in [3.05, 3.63) is 35.4 Å². The van der Waals surface area contributed by atoms with E-state index in [1.807, 2.05) is 13.1 Å². The van der Waals surface area contributed by atoms with E-state index in [1.165, 1.54) is 0 Å². The number of nitrogens with one attached hydrogen (secondary N) is 3. The molecule has 0 radical (unpaired) electrons. The minimum absolute atomic E-state index is 0.0309. The zero-order valence-corrected chi connectivity index (χ0v) is 19.8. The first-order valence-corrected chi connectivity index (χ1v) is 11.6. The van der Waals surface area contributed by atoms with E-state index in [1.54, 1.807) is 35.8 Å². The number of imide groups is 2. The van der Waals surface area contributed by atoms with Gasteiger partial charge in [0.25, 0.3) is 0 Å². The Morgan fingerprint density at radius 2 is 2.00 bits per heavy atom. The van der Waals surface area contributed by atoms with E-state index in [0.717, 1.165) is 5.56 Å². The Labute approximate surface area is 204 Å². The zero-order valence-electron chi connectivity index (χ0n) is 19.8. The number of anilines is 2. The smallest absolute Gasteiger partial charge is 0.328 e. The summed E-state index contributed by atoms with van der Waals surface area (Å²) in [4.78, 5) is 40.2. The van der Waals surface area contributed by atoms with Crippen LogP contribution in [0.25, 0.3) is 11.0 Å². The second-order valence-electron chi connectivity index (χ2n) is 9.62. The van der Waals surface area contributed by atoms with Crippen molar-refractivity contribution < 1.29 is 28.0 Å². The molecule has 3 atom stereocenters. The number of benzene rings is 1. The van der Waals surface area contributed by atoms with Crippen LogP contribution in [0.1, 0.15) is 25.0 Å². The van der Waals surface area contributed by atoms with Crippen molar-refractivity contribution in [2.45, 2.75) is 45.1 Å². The van der Waals surface area contributed by atoms with Crippen LogP contribution in [0, 0.1) is 11.2 Å². The van der Waals surface area contributed by atoms with E-state index in [0.29, 0.717) is 23.3 Å². The zero-order chi connectivity index (χ0) is 25.4. The summed E-state index contributed by atoms with van der Waals surface area (Å²) in [6.45, 7) is 4.19. The van der Waals surface area contributed by atoms with Gasteiger partial charge in [-0.3, -0.25) is 24.9 Å². The van der Waals surface area contributed by atoms with Crippen LogP contribution in [0.15, 0.2) is 23.0 Å². The van der Waals surface area contributed by atoms with Crippen LogP contribution in [0.2, 0.25) is 0 Å². The Morgan fingerprint density at radius 1 is 1.25 bits per heavy atom. The van der Waals surface area contributed by atoms with Gasteiger partial charge in [0.2, 0.25) is 17.4 Å². The van der Waals surface area contributed by atoms with Crippen molar-refractivity contribution in [1.29, 1.82) is 0 Å². The predicted octanol–water partition coefficient (Wildman–Crippen LogP) is 1.20. The Bertz CT molecular complexity index is 1410. The normalized spacial score (nSPS) is 24.9. The van der Waals surface area contributed by atoms with Gasteiger partial charge in [-0.25, -0.2) is 9.18 Å². The molecule has 3 aromatic rings. The van der Waals surface area contributed by atoms with Crippen LogP contribution < -0.4 is 20.9 Å². The molecule has 0 unspecified atom stereocenters. The standard InChI is InChI=1S/C23H24FN7O5/c1-10-8-31-16-13(5-23(18(31)11(2)35-10)20(32)27-22(34)28-21(23)33)4-14-17(15(16)24)36-29-19(14)25-6-12-7-26-30(3)9-12/h4,7,9-11,18H,5-6,8H2,1-3H3,(H,25,29)(H2,27,28,32,33,34)/t10-,11+,18-/m0/s1. The number of morpholine rings is 1. The van der Waals surface area contributed by atoms with E-state index in [-0.39, 0.29) is 30.3 Å². The molecule has 1 aromatic carbocycles. The second kappa shape index (κ2) is 7.75. The molecule has 3 aliphatic rings. The molecule has 36 heavy (non-hydrogen) atoms. The van der Waals surface area contributed by atoms with Gasteiger partial charge >= 0.3 is 6.03 Å². The molecule has 2 aromatic heterocycles. The van der Waals surface area contributed by atoms with E-state index in [2.05, 4.69) is 26.2 Å². The average Bonchev–Trinajstić information content (AvgIpc) is 3.41. The SMILES string of the molecule is C[C@H]1CN2c3c(cc4c(NCc5cnn(C)c5)noc4c3F)CC3(C(=O)NC(=O)NC3=O)[C@@H]2[C@@H](C)O1. The van der Waals surface area contributed by atoms with E-state index >= 15 is 4.39 Å².